The van der Waals surface area contributed by atoms with Gasteiger partial charge >= 0.3 is 12.1 Å². The fraction of sp³-hybridized carbons (Fsp3) is 0.400. The van der Waals surface area contributed by atoms with Gasteiger partial charge in [0, 0.05) is 24.8 Å². The van der Waals surface area contributed by atoms with Crippen LogP contribution in [0.2, 0.25) is 0 Å². The molecule has 2 N–H and O–H groups in total. The molecule has 2 amide bonds. The van der Waals surface area contributed by atoms with E-state index in [1.165, 1.54) is 6.92 Å². The van der Waals surface area contributed by atoms with Crippen LogP contribution in [0.3, 0.4) is 0 Å². The van der Waals surface area contributed by atoms with E-state index in [1.54, 1.807) is 0 Å². The van der Waals surface area contributed by atoms with Crippen LogP contribution >= 0.6 is 0 Å². The summed E-state index contributed by atoms with van der Waals surface area (Å²) in [7, 11) is 0. The summed E-state index contributed by atoms with van der Waals surface area (Å²) < 4.78 is 32.7. The van der Waals surface area contributed by atoms with Gasteiger partial charge in [-0.3, -0.25) is 4.79 Å². The Balaban J connectivity index is 1.27. The third-order valence-electron chi connectivity index (χ3n) is 6.45. The van der Waals surface area contributed by atoms with Gasteiger partial charge in [0.1, 0.15) is 12.6 Å². The second-order valence-corrected chi connectivity index (χ2v) is 8.82. The van der Waals surface area contributed by atoms with Gasteiger partial charge in [-0.1, -0.05) is 55.5 Å². The lowest BCUT2D eigenvalue weighted by molar-refractivity contribution is -0.149. The van der Waals surface area contributed by atoms with Gasteiger partial charge in [0.15, 0.2) is 0 Å². The number of hydrogen-bond acceptors (Lipinski definition) is 4. The van der Waals surface area contributed by atoms with Crippen molar-refractivity contribution in [2.45, 2.75) is 37.6 Å². The van der Waals surface area contributed by atoms with Crippen molar-refractivity contribution >= 4 is 18.0 Å². The van der Waals surface area contributed by atoms with Crippen molar-refractivity contribution in [3.63, 3.8) is 0 Å². The van der Waals surface area contributed by atoms with E-state index in [4.69, 9.17) is 9.84 Å². The SMILES string of the molecule is CC(CCNC(=O)OCC1c2ccccc2-c2ccccc21)C(=O)N1CC(F)(F)C[C@H]1C(=O)O. The minimum atomic E-state index is -3.22. The summed E-state index contributed by atoms with van der Waals surface area (Å²) in [6, 6.07) is 14.4. The van der Waals surface area contributed by atoms with Gasteiger partial charge in [0.05, 0.1) is 6.54 Å². The number of carbonyl (C=O) groups is 3. The molecule has 1 unspecified atom stereocenters. The summed E-state index contributed by atoms with van der Waals surface area (Å²) in [5.74, 6) is -6.15. The third kappa shape index (κ3) is 4.73. The first-order valence-electron chi connectivity index (χ1n) is 11.2. The summed E-state index contributed by atoms with van der Waals surface area (Å²) in [5, 5.41) is 11.8. The maximum Gasteiger partial charge on any atom is 0.407 e. The van der Waals surface area contributed by atoms with E-state index in [0.29, 0.717) is 0 Å². The van der Waals surface area contributed by atoms with E-state index in [9.17, 15) is 23.2 Å². The molecule has 0 radical (unpaired) electrons. The number of halogens is 2. The van der Waals surface area contributed by atoms with E-state index in [0.717, 1.165) is 27.2 Å². The van der Waals surface area contributed by atoms with Crippen LogP contribution in [0.15, 0.2) is 48.5 Å². The van der Waals surface area contributed by atoms with E-state index in [-0.39, 0.29) is 25.5 Å². The smallest absolute Gasteiger partial charge is 0.407 e. The molecule has 2 aliphatic rings. The molecule has 0 aromatic heterocycles. The van der Waals surface area contributed by atoms with E-state index >= 15 is 0 Å². The van der Waals surface area contributed by atoms with Crippen molar-refractivity contribution in [1.82, 2.24) is 10.2 Å². The summed E-state index contributed by atoms with van der Waals surface area (Å²) >= 11 is 0. The number of aliphatic carboxylic acids is 1. The molecule has 34 heavy (non-hydrogen) atoms. The van der Waals surface area contributed by atoms with Crippen LogP contribution in [0, 0.1) is 5.92 Å². The number of carboxylic acid groups (broad SMARTS) is 1. The average molecular weight is 472 g/mol. The summed E-state index contributed by atoms with van der Waals surface area (Å²) in [4.78, 5) is 36.8. The molecule has 4 rings (SSSR count). The molecule has 1 fully saturated rings. The lowest BCUT2D eigenvalue weighted by atomic mass is 9.98. The predicted molar refractivity (Wildman–Crippen MR) is 120 cm³/mol. The second-order valence-electron chi connectivity index (χ2n) is 8.82. The van der Waals surface area contributed by atoms with Crippen molar-refractivity contribution in [2.24, 2.45) is 5.92 Å². The Labute approximate surface area is 195 Å². The number of fused-ring (bicyclic) bond motifs is 3. The number of ether oxygens (including phenoxy) is 1. The highest BCUT2D eigenvalue weighted by Gasteiger charge is 2.50. The van der Waals surface area contributed by atoms with Gasteiger partial charge in [-0.05, 0) is 28.7 Å². The number of alkyl halides is 2. The quantitative estimate of drug-likeness (QED) is 0.638. The fourth-order valence-electron chi connectivity index (χ4n) is 4.72. The standard InChI is InChI=1S/C25H26F2N2O5/c1-15(22(30)29-14-25(26,27)12-21(29)23(31)32)10-11-28-24(33)34-13-20-18-8-4-2-6-16(18)17-7-3-5-9-19(17)20/h2-9,15,20-21H,10-14H2,1H3,(H,28,33)(H,31,32)/t15?,21-/m0/s1. The number of nitrogens with one attached hydrogen (secondary N) is 1. The first kappa shape index (κ1) is 23.7. The molecule has 2 atom stereocenters. The molecule has 1 aliphatic heterocycles. The predicted octanol–water partition coefficient (Wildman–Crippen LogP) is 3.87. The van der Waals surface area contributed by atoms with E-state index in [1.807, 2.05) is 48.5 Å². The van der Waals surface area contributed by atoms with Crippen molar-refractivity contribution in [1.29, 1.82) is 0 Å². The number of carbonyl (C=O) groups excluding carboxylic acids is 2. The maximum atomic E-state index is 13.7. The highest BCUT2D eigenvalue weighted by Crippen LogP contribution is 2.44. The van der Waals surface area contributed by atoms with Crippen molar-refractivity contribution < 1.29 is 33.0 Å². The van der Waals surface area contributed by atoms with Crippen LogP contribution in [0.4, 0.5) is 13.6 Å². The molecule has 1 saturated heterocycles. The van der Waals surface area contributed by atoms with Gasteiger partial charge in [-0.2, -0.15) is 0 Å². The van der Waals surface area contributed by atoms with Crippen LogP contribution in [0.1, 0.15) is 36.8 Å². The number of nitrogens with zero attached hydrogens (tertiary/aromatic N) is 1. The molecule has 1 aliphatic carbocycles. The van der Waals surface area contributed by atoms with Gasteiger partial charge < -0.3 is 20.1 Å². The number of likely N-dealkylation sites (tertiary alicyclic amines) is 1. The summed E-state index contributed by atoms with van der Waals surface area (Å²) in [5.41, 5.74) is 4.41. The zero-order chi connectivity index (χ0) is 24.5. The van der Waals surface area contributed by atoms with Gasteiger partial charge in [-0.15, -0.1) is 0 Å². The monoisotopic (exact) mass is 472 g/mol. The molecule has 7 nitrogen and oxygen atoms in total. The Kier molecular flexibility index (Phi) is 6.54. The van der Waals surface area contributed by atoms with Gasteiger partial charge in [-0.25, -0.2) is 18.4 Å². The number of rotatable bonds is 7. The number of benzene rings is 2. The maximum absolute atomic E-state index is 13.7. The molecule has 0 bridgehead atoms. The minimum Gasteiger partial charge on any atom is -0.480 e. The Morgan fingerprint density at radius 2 is 1.71 bits per heavy atom. The van der Waals surface area contributed by atoms with Crippen LogP contribution in [0.25, 0.3) is 11.1 Å². The normalized spacial score (nSPS) is 19.3. The molecule has 0 saturated carbocycles. The Morgan fingerprint density at radius 1 is 1.12 bits per heavy atom. The Bertz CT molecular complexity index is 1060. The van der Waals surface area contributed by atoms with E-state index in [2.05, 4.69) is 5.32 Å². The highest BCUT2D eigenvalue weighted by molar-refractivity contribution is 5.86. The third-order valence-corrected chi connectivity index (χ3v) is 6.45. The topological polar surface area (TPSA) is 95.9 Å². The molecular weight excluding hydrogens is 446 g/mol. The molecular formula is C25H26F2N2O5. The van der Waals surface area contributed by atoms with Crippen LogP contribution in [-0.2, 0) is 14.3 Å². The van der Waals surface area contributed by atoms with Crippen LogP contribution < -0.4 is 5.32 Å². The minimum absolute atomic E-state index is 0.0802. The van der Waals surface area contributed by atoms with Crippen molar-refractivity contribution in [3.8, 4) is 11.1 Å². The van der Waals surface area contributed by atoms with Crippen LogP contribution in [0.5, 0.6) is 0 Å². The second kappa shape index (κ2) is 9.40. The zero-order valence-electron chi connectivity index (χ0n) is 18.7. The number of carboxylic acids is 1. The first-order valence-corrected chi connectivity index (χ1v) is 11.2. The highest BCUT2D eigenvalue weighted by atomic mass is 19.3. The van der Waals surface area contributed by atoms with E-state index < -0.39 is 48.8 Å². The molecule has 2 aromatic rings. The Hall–Kier alpha value is -3.49. The summed E-state index contributed by atoms with van der Waals surface area (Å²) in [6.45, 7) is 0.854. The zero-order valence-corrected chi connectivity index (χ0v) is 18.7. The first-order chi connectivity index (χ1) is 16.2. The molecule has 9 heteroatoms. The van der Waals surface area contributed by atoms with Crippen molar-refractivity contribution in [2.75, 3.05) is 19.7 Å². The van der Waals surface area contributed by atoms with Gasteiger partial charge in [0.2, 0.25) is 5.91 Å². The molecule has 1 heterocycles. The Morgan fingerprint density at radius 3 is 2.29 bits per heavy atom. The fourth-order valence-corrected chi connectivity index (χ4v) is 4.72. The van der Waals surface area contributed by atoms with Gasteiger partial charge in [0.25, 0.3) is 5.92 Å². The van der Waals surface area contributed by atoms with Crippen molar-refractivity contribution in [3.05, 3.63) is 59.7 Å². The molecule has 180 valence electrons. The lowest BCUT2D eigenvalue weighted by Crippen LogP contribution is -2.44. The number of alkyl carbamates (subject to hydrolysis) is 1. The number of hydrogen-bond donors (Lipinski definition) is 2. The molecule has 2 aromatic carbocycles. The lowest BCUT2D eigenvalue weighted by Gasteiger charge is -2.24. The largest absolute Gasteiger partial charge is 0.480 e. The summed E-state index contributed by atoms with van der Waals surface area (Å²) in [6.07, 6.45) is -1.37. The average Bonchev–Trinajstić information content (AvgIpc) is 3.31. The molecule has 0 spiro atoms. The number of amides is 2. The van der Waals surface area contributed by atoms with Crippen LogP contribution in [-0.4, -0.2) is 59.6 Å².